The Morgan fingerprint density at radius 2 is 2.24 bits per heavy atom. The molecule has 5 nitrogen and oxygen atoms in total. The van der Waals surface area contributed by atoms with Crippen LogP contribution < -0.4 is 10.1 Å². The minimum Gasteiger partial charge on any atom is -0.478 e. The summed E-state index contributed by atoms with van der Waals surface area (Å²) in [6, 6.07) is 3.86. The van der Waals surface area contributed by atoms with Crippen molar-refractivity contribution >= 4 is 31.7 Å². The molecule has 0 radical (unpaired) electrons. The van der Waals surface area contributed by atoms with E-state index in [2.05, 4.69) is 21.2 Å². The Balaban J connectivity index is 1.94. The van der Waals surface area contributed by atoms with Gasteiger partial charge in [-0.2, -0.15) is 0 Å². The summed E-state index contributed by atoms with van der Waals surface area (Å²) in [5.74, 6) is -1.04. The standard InChI is InChI=1S/C13H15BrFNO4S/c1-8(20-12-3-2-9(14)6-11(12)15)13(17)16-10-4-5-21(18,19)7-10/h2-3,6,8,10H,4-5,7H2,1H3,(H,16,17)/t8-,10-/m1/s1. The van der Waals surface area contributed by atoms with E-state index in [9.17, 15) is 17.6 Å². The number of sulfone groups is 1. The molecule has 1 heterocycles. The van der Waals surface area contributed by atoms with E-state index in [1.807, 2.05) is 0 Å². The molecule has 0 saturated carbocycles. The highest BCUT2D eigenvalue weighted by atomic mass is 79.9. The van der Waals surface area contributed by atoms with Gasteiger partial charge in [-0.1, -0.05) is 15.9 Å². The Bertz CT molecular complexity index is 650. The maximum atomic E-state index is 13.6. The third-order valence-electron chi connectivity index (χ3n) is 3.15. The van der Waals surface area contributed by atoms with Crippen molar-refractivity contribution in [1.82, 2.24) is 5.32 Å². The van der Waals surface area contributed by atoms with Gasteiger partial charge in [0.05, 0.1) is 11.5 Å². The number of hydrogen-bond donors (Lipinski definition) is 1. The molecule has 116 valence electrons. The Labute approximate surface area is 130 Å². The minimum absolute atomic E-state index is 0.0279. The molecule has 1 aliphatic heterocycles. The second-order valence-corrected chi connectivity index (χ2v) is 8.09. The average Bonchev–Trinajstić information content (AvgIpc) is 2.72. The van der Waals surface area contributed by atoms with Crippen LogP contribution in [-0.2, 0) is 14.6 Å². The summed E-state index contributed by atoms with van der Waals surface area (Å²) in [7, 11) is -3.06. The lowest BCUT2D eigenvalue weighted by molar-refractivity contribution is -0.127. The van der Waals surface area contributed by atoms with Crippen molar-refractivity contribution in [1.29, 1.82) is 0 Å². The first-order chi connectivity index (χ1) is 9.77. The Kier molecular flexibility index (Phi) is 4.88. The van der Waals surface area contributed by atoms with E-state index < -0.39 is 33.7 Å². The van der Waals surface area contributed by atoms with Crippen LogP contribution in [0, 0.1) is 5.82 Å². The number of nitrogens with one attached hydrogen (secondary N) is 1. The zero-order chi connectivity index (χ0) is 15.6. The van der Waals surface area contributed by atoms with E-state index in [-0.39, 0.29) is 17.3 Å². The number of hydrogen-bond acceptors (Lipinski definition) is 4. The SMILES string of the molecule is C[C@@H](Oc1ccc(Br)cc1F)C(=O)N[C@@H]1CCS(=O)(=O)C1. The average molecular weight is 380 g/mol. The third kappa shape index (κ3) is 4.41. The lowest BCUT2D eigenvalue weighted by Gasteiger charge is -2.17. The predicted octanol–water partition coefficient (Wildman–Crippen LogP) is 1.66. The van der Waals surface area contributed by atoms with E-state index in [4.69, 9.17) is 4.74 Å². The van der Waals surface area contributed by atoms with Crippen molar-refractivity contribution < 1.29 is 22.3 Å². The molecule has 1 fully saturated rings. The van der Waals surface area contributed by atoms with Crippen LogP contribution in [0.2, 0.25) is 0 Å². The summed E-state index contributed by atoms with van der Waals surface area (Å²) in [6.07, 6.45) is -0.517. The highest BCUT2D eigenvalue weighted by Gasteiger charge is 2.30. The van der Waals surface area contributed by atoms with Gasteiger partial charge in [0.15, 0.2) is 27.5 Å². The highest BCUT2D eigenvalue weighted by Crippen LogP contribution is 2.22. The monoisotopic (exact) mass is 379 g/mol. The van der Waals surface area contributed by atoms with Crippen LogP contribution in [0.1, 0.15) is 13.3 Å². The van der Waals surface area contributed by atoms with Crippen LogP contribution in [0.4, 0.5) is 4.39 Å². The summed E-state index contributed by atoms with van der Waals surface area (Å²) in [6.45, 7) is 1.49. The van der Waals surface area contributed by atoms with E-state index in [0.29, 0.717) is 10.9 Å². The van der Waals surface area contributed by atoms with Gasteiger partial charge in [0, 0.05) is 10.5 Å². The van der Waals surface area contributed by atoms with Gasteiger partial charge in [0.25, 0.3) is 5.91 Å². The maximum Gasteiger partial charge on any atom is 0.261 e. The summed E-state index contributed by atoms with van der Waals surface area (Å²) in [5, 5.41) is 2.61. The molecule has 0 unspecified atom stereocenters. The van der Waals surface area contributed by atoms with Gasteiger partial charge >= 0.3 is 0 Å². The fourth-order valence-corrected chi connectivity index (χ4v) is 4.05. The fourth-order valence-electron chi connectivity index (χ4n) is 2.04. The molecule has 0 aliphatic carbocycles. The van der Waals surface area contributed by atoms with E-state index in [0.717, 1.165) is 0 Å². The number of ether oxygens (including phenoxy) is 1. The first-order valence-electron chi connectivity index (χ1n) is 6.39. The molecule has 0 bridgehead atoms. The normalized spacial score (nSPS) is 21.8. The molecule has 1 N–H and O–H groups in total. The quantitative estimate of drug-likeness (QED) is 0.863. The van der Waals surface area contributed by atoms with Crippen LogP contribution in [0.3, 0.4) is 0 Å². The van der Waals surface area contributed by atoms with Gasteiger partial charge in [0.2, 0.25) is 0 Å². The predicted molar refractivity (Wildman–Crippen MR) is 79.4 cm³/mol. The number of amides is 1. The van der Waals surface area contributed by atoms with E-state index >= 15 is 0 Å². The lowest BCUT2D eigenvalue weighted by atomic mass is 10.2. The van der Waals surface area contributed by atoms with Crippen molar-refractivity contribution in [2.45, 2.75) is 25.5 Å². The first kappa shape index (κ1) is 16.2. The molecule has 21 heavy (non-hydrogen) atoms. The van der Waals surface area contributed by atoms with Crippen molar-refractivity contribution in [2.24, 2.45) is 0 Å². The molecule has 1 saturated heterocycles. The van der Waals surface area contributed by atoms with Crippen molar-refractivity contribution in [3.63, 3.8) is 0 Å². The molecule has 1 amide bonds. The molecular formula is C13H15BrFNO4S. The van der Waals surface area contributed by atoms with Gasteiger partial charge in [0.1, 0.15) is 0 Å². The van der Waals surface area contributed by atoms with Crippen molar-refractivity contribution in [3.8, 4) is 5.75 Å². The molecule has 8 heteroatoms. The molecule has 2 atom stereocenters. The van der Waals surface area contributed by atoms with Crippen LogP contribution in [0.15, 0.2) is 22.7 Å². The molecule has 2 rings (SSSR count). The maximum absolute atomic E-state index is 13.6. The number of carbonyl (C=O) groups is 1. The summed E-state index contributed by atoms with van der Waals surface area (Å²) < 4.78 is 42.1. The van der Waals surface area contributed by atoms with E-state index in [1.54, 1.807) is 6.07 Å². The molecule has 0 aromatic heterocycles. The van der Waals surface area contributed by atoms with Crippen LogP contribution in [0.25, 0.3) is 0 Å². The number of rotatable bonds is 4. The number of carbonyl (C=O) groups excluding carboxylic acids is 1. The molecular weight excluding hydrogens is 365 g/mol. The topological polar surface area (TPSA) is 72.5 Å². The number of benzene rings is 1. The second kappa shape index (κ2) is 6.31. The van der Waals surface area contributed by atoms with Crippen LogP contribution in [-0.4, -0.2) is 38.0 Å². The molecule has 1 aliphatic rings. The summed E-state index contributed by atoms with van der Waals surface area (Å²) >= 11 is 3.13. The lowest BCUT2D eigenvalue weighted by Crippen LogP contribution is -2.43. The highest BCUT2D eigenvalue weighted by molar-refractivity contribution is 9.10. The summed E-state index contributed by atoms with van der Waals surface area (Å²) in [5.41, 5.74) is 0. The van der Waals surface area contributed by atoms with Gasteiger partial charge in [-0.05, 0) is 31.5 Å². The Hall–Kier alpha value is -1.15. The zero-order valence-corrected chi connectivity index (χ0v) is 13.7. The zero-order valence-electron chi connectivity index (χ0n) is 11.3. The Morgan fingerprint density at radius 1 is 1.52 bits per heavy atom. The van der Waals surface area contributed by atoms with Crippen LogP contribution in [0.5, 0.6) is 5.75 Å². The van der Waals surface area contributed by atoms with Gasteiger partial charge in [-0.3, -0.25) is 4.79 Å². The second-order valence-electron chi connectivity index (χ2n) is 4.94. The molecule has 0 spiro atoms. The minimum atomic E-state index is -3.06. The van der Waals surface area contributed by atoms with Crippen molar-refractivity contribution in [2.75, 3.05) is 11.5 Å². The fraction of sp³-hybridized carbons (Fsp3) is 0.462. The van der Waals surface area contributed by atoms with E-state index in [1.165, 1.54) is 19.1 Å². The molecule has 1 aromatic rings. The Morgan fingerprint density at radius 3 is 2.81 bits per heavy atom. The smallest absolute Gasteiger partial charge is 0.261 e. The third-order valence-corrected chi connectivity index (χ3v) is 5.41. The summed E-state index contributed by atoms with van der Waals surface area (Å²) in [4.78, 5) is 11.9. The molecule has 1 aromatic carbocycles. The number of halogens is 2. The van der Waals surface area contributed by atoms with Crippen LogP contribution >= 0.6 is 15.9 Å². The van der Waals surface area contributed by atoms with Gasteiger partial charge in [-0.15, -0.1) is 0 Å². The van der Waals surface area contributed by atoms with Gasteiger partial charge in [-0.25, -0.2) is 12.8 Å². The largest absolute Gasteiger partial charge is 0.478 e. The van der Waals surface area contributed by atoms with Crippen molar-refractivity contribution in [3.05, 3.63) is 28.5 Å². The first-order valence-corrected chi connectivity index (χ1v) is 9.01. The van der Waals surface area contributed by atoms with Gasteiger partial charge < -0.3 is 10.1 Å².